The molecule has 2 aromatic carbocycles. The molecule has 3 aromatic rings. The van der Waals surface area contributed by atoms with Crippen LogP contribution in [-0.4, -0.2) is 19.6 Å². The van der Waals surface area contributed by atoms with Gasteiger partial charge < -0.3 is 23.9 Å². The van der Waals surface area contributed by atoms with Crippen molar-refractivity contribution in [2.24, 2.45) is 0 Å². The van der Waals surface area contributed by atoms with E-state index in [9.17, 15) is 4.79 Å². The van der Waals surface area contributed by atoms with Crippen LogP contribution in [0, 0.1) is 0 Å². The Morgan fingerprint density at radius 1 is 0.963 bits per heavy atom. The molecule has 1 N–H and O–H groups in total. The standard InChI is InChI=1S/C21H21NO5/c1-3-25-16-9-7-15(8-10-16)22-21(23)20-12-11-19(27-20)14-26-18-6-4-5-17(13-18)24-2/h4-13H,3,14H2,1-2H3,(H,22,23). The second-order valence-corrected chi connectivity index (χ2v) is 5.65. The predicted octanol–water partition coefficient (Wildman–Crippen LogP) is 4.52. The molecule has 27 heavy (non-hydrogen) atoms. The van der Waals surface area contributed by atoms with Crippen LogP contribution in [-0.2, 0) is 6.61 Å². The normalized spacial score (nSPS) is 10.3. The lowest BCUT2D eigenvalue weighted by molar-refractivity contribution is 0.0992. The summed E-state index contributed by atoms with van der Waals surface area (Å²) in [5, 5.41) is 2.78. The van der Waals surface area contributed by atoms with Crippen molar-refractivity contribution in [3.63, 3.8) is 0 Å². The highest BCUT2D eigenvalue weighted by Crippen LogP contribution is 2.21. The van der Waals surface area contributed by atoms with Gasteiger partial charge in [0.05, 0.1) is 13.7 Å². The van der Waals surface area contributed by atoms with E-state index in [0.717, 1.165) is 5.75 Å². The number of hydrogen-bond donors (Lipinski definition) is 1. The number of rotatable bonds is 8. The number of furan rings is 1. The van der Waals surface area contributed by atoms with Crippen LogP contribution in [0.5, 0.6) is 17.2 Å². The molecule has 0 fully saturated rings. The molecular formula is C21H21NO5. The van der Waals surface area contributed by atoms with Crippen molar-refractivity contribution < 1.29 is 23.4 Å². The topological polar surface area (TPSA) is 69.9 Å². The Hall–Kier alpha value is -3.41. The molecule has 0 radical (unpaired) electrons. The Morgan fingerprint density at radius 2 is 1.74 bits per heavy atom. The van der Waals surface area contributed by atoms with E-state index < -0.39 is 0 Å². The van der Waals surface area contributed by atoms with E-state index in [2.05, 4.69) is 5.32 Å². The summed E-state index contributed by atoms with van der Waals surface area (Å²) in [6, 6.07) is 17.8. The van der Waals surface area contributed by atoms with Gasteiger partial charge in [-0.2, -0.15) is 0 Å². The summed E-state index contributed by atoms with van der Waals surface area (Å²) in [6.07, 6.45) is 0. The number of carbonyl (C=O) groups excluding carboxylic acids is 1. The number of ether oxygens (including phenoxy) is 3. The van der Waals surface area contributed by atoms with Crippen molar-refractivity contribution in [2.45, 2.75) is 13.5 Å². The van der Waals surface area contributed by atoms with Crippen molar-refractivity contribution in [3.8, 4) is 17.2 Å². The first-order valence-corrected chi connectivity index (χ1v) is 8.57. The third-order valence-electron chi connectivity index (χ3n) is 3.73. The molecule has 0 saturated heterocycles. The van der Waals surface area contributed by atoms with Crippen LogP contribution >= 0.6 is 0 Å². The van der Waals surface area contributed by atoms with Gasteiger partial charge in [-0.15, -0.1) is 0 Å². The van der Waals surface area contributed by atoms with Crippen LogP contribution in [0.3, 0.4) is 0 Å². The SMILES string of the molecule is CCOc1ccc(NC(=O)c2ccc(COc3cccc(OC)c3)o2)cc1. The summed E-state index contributed by atoms with van der Waals surface area (Å²) >= 11 is 0. The molecule has 0 aliphatic heterocycles. The second-order valence-electron chi connectivity index (χ2n) is 5.65. The summed E-state index contributed by atoms with van der Waals surface area (Å²) in [5.74, 6) is 2.56. The first-order chi connectivity index (χ1) is 13.2. The number of benzene rings is 2. The molecule has 0 bridgehead atoms. The fourth-order valence-electron chi connectivity index (χ4n) is 2.42. The fourth-order valence-corrected chi connectivity index (χ4v) is 2.42. The molecule has 0 aliphatic rings. The average molecular weight is 367 g/mol. The molecule has 1 aromatic heterocycles. The number of carbonyl (C=O) groups is 1. The van der Waals surface area contributed by atoms with Gasteiger partial charge >= 0.3 is 0 Å². The summed E-state index contributed by atoms with van der Waals surface area (Å²) in [6.45, 7) is 2.73. The Bertz CT molecular complexity index is 886. The molecule has 6 heteroatoms. The maximum atomic E-state index is 12.3. The van der Waals surface area contributed by atoms with E-state index in [1.54, 1.807) is 49.6 Å². The largest absolute Gasteiger partial charge is 0.497 e. The monoisotopic (exact) mass is 367 g/mol. The van der Waals surface area contributed by atoms with Gasteiger partial charge in [0.2, 0.25) is 0 Å². The number of anilines is 1. The lowest BCUT2D eigenvalue weighted by Crippen LogP contribution is -2.10. The molecule has 0 atom stereocenters. The molecule has 0 aliphatic carbocycles. The van der Waals surface area contributed by atoms with E-state index in [-0.39, 0.29) is 18.3 Å². The quantitative estimate of drug-likeness (QED) is 0.634. The molecular weight excluding hydrogens is 346 g/mol. The smallest absolute Gasteiger partial charge is 0.291 e. The van der Waals surface area contributed by atoms with Gasteiger partial charge in [-0.1, -0.05) is 6.07 Å². The van der Waals surface area contributed by atoms with Gasteiger partial charge in [0.15, 0.2) is 5.76 Å². The van der Waals surface area contributed by atoms with Gasteiger partial charge in [-0.25, -0.2) is 0 Å². The Labute approximate surface area is 157 Å². The number of amides is 1. The van der Waals surface area contributed by atoms with Crippen LogP contribution in [0.25, 0.3) is 0 Å². The Morgan fingerprint density at radius 3 is 2.48 bits per heavy atom. The molecule has 0 unspecified atom stereocenters. The van der Waals surface area contributed by atoms with Crippen molar-refractivity contribution in [1.82, 2.24) is 0 Å². The zero-order valence-corrected chi connectivity index (χ0v) is 15.2. The highest BCUT2D eigenvalue weighted by Gasteiger charge is 2.12. The molecule has 3 rings (SSSR count). The van der Waals surface area contributed by atoms with E-state index >= 15 is 0 Å². The maximum Gasteiger partial charge on any atom is 0.291 e. The molecule has 0 spiro atoms. The van der Waals surface area contributed by atoms with Gasteiger partial charge in [-0.05, 0) is 55.5 Å². The van der Waals surface area contributed by atoms with Crippen LogP contribution in [0.1, 0.15) is 23.2 Å². The molecule has 1 amide bonds. The fraction of sp³-hybridized carbons (Fsp3) is 0.190. The van der Waals surface area contributed by atoms with Crippen molar-refractivity contribution in [3.05, 3.63) is 72.2 Å². The highest BCUT2D eigenvalue weighted by atomic mass is 16.5. The van der Waals surface area contributed by atoms with Crippen LogP contribution in [0.2, 0.25) is 0 Å². The first-order valence-electron chi connectivity index (χ1n) is 8.57. The number of methoxy groups -OCH3 is 1. The van der Waals surface area contributed by atoms with Crippen molar-refractivity contribution >= 4 is 11.6 Å². The maximum absolute atomic E-state index is 12.3. The van der Waals surface area contributed by atoms with Gasteiger partial charge in [0, 0.05) is 11.8 Å². The van der Waals surface area contributed by atoms with Gasteiger partial charge in [0.25, 0.3) is 5.91 Å². The lowest BCUT2D eigenvalue weighted by atomic mass is 10.3. The second kappa shape index (κ2) is 8.80. The van der Waals surface area contributed by atoms with Crippen molar-refractivity contribution in [1.29, 1.82) is 0 Å². The highest BCUT2D eigenvalue weighted by molar-refractivity contribution is 6.02. The van der Waals surface area contributed by atoms with E-state index in [1.165, 1.54) is 0 Å². The first kappa shape index (κ1) is 18.4. The summed E-state index contributed by atoms with van der Waals surface area (Å²) in [5.41, 5.74) is 0.661. The van der Waals surface area contributed by atoms with Gasteiger partial charge in [-0.3, -0.25) is 4.79 Å². The predicted molar refractivity (Wildman–Crippen MR) is 102 cm³/mol. The number of hydrogen-bond acceptors (Lipinski definition) is 5. The minimum Gasteiger partial charge on any atom is -0.497 e. The number of nitrogens with one attached hydrogen (secondary N) is 1. The van der Waals surface area contributed by atoms with Crippen LogP contribution < -0.4 is 19.5 Å². The van der Waals surface area contributed by atoms with E-state index in [4.69, 9.17) is 18.6 Å². The third-order valence-corrected chi connectivity index (χ3v) is 3.73. The average Bonchev–Trinajstić information content (AvgIpc) is 3.17. The summed E-state index contributed by atoms with van der Waals surface area (Å²) in [4.78, 5) is 12.3. The van der Waals surface area contributed by atoms with Crippen LogP contribution in [0.15, 0.2) is 65.1 Å². The van der Waals surface area contributed by atoms with Crippen molar-refractivity contribution in [2.75, 3.05) is 19.0 Å². The minimum absolute atomic E-state index is 0.212. The summed E-state index contributed by atoms with van der Waals surface area (Å²) in [7, 11) is 1.60. The lowest BCUT2D eigenvalue weighted by Gasteiger charge is -2.07. The zero-order valence-electron chi connectivity index (χ0n) is 15.2. The third kappa shape index (κ3) is 5.04. The Balaban J connectivity index is 1.56. The zero-order chi connectivity index (χ0) is 19.1. The molecule has 1 heterocycles. The van der Waals surface area contributed by atoms with Gasteiger partial charge in [0.1, 0.15) is 29.6 Å². The molecule has 6 nitrogen and oxygen atoms in total. The molecule has 0 saturated carbocycles. The summed E-state index contributed by atoms with van der Waals surface area (Å²) < 4.78 is 21.8. The van der Waals surface area contributed by atoms with E-state index in [0.29, 0.717) is 29.6 Å². The Kier molecular flexibility index (Phi) is 5.99. The van der Waals surface area contributed by atoms with E-state index in [1.807, 2.05) is 25.1 Å². The minimum atomic E-state index is -0.327. The van der Waals surface area contributed by atoms with Crippen LogP contribution in [0.4, 0.5) is 5.69 Å². The molecule has 140 valence electrons.